The van der Waals surface area contributed by atoms with Gasteiger partial charge in [0.15, 0.2) is 0 Å². The van der Waals surface area contributed by atoms with Crippen molar-refractivity contribution in [3.63, 3.8) is 0 Å². The van der Waals surface area contributed by atoms with Crippen LogP contribution in [0, 0.1) is 11.8 Å². The number of carbonyl (C=O) groups excluding carboxylic acids is 2. The number of thiophene rings is 1. The van der Waals surface area contributed by atoms with Gasteiger partial charge in [-0.15, -0.1) is 23.1 Å². The first-order chi connectivity index (χ1) is 52.8. The van der Waals surface area contributed by atoms with Crippen LogP contribution in [-0.2, 0) is 22.4 Å². The molecule has 10 heteroatoms. The normalized spacial score (nSPS) is 14.3. The summed E-state index contributed by atoms with van der Waals surface area (Å²) in [5.41, 5.74) is 6.89. The van der Waals surface area contributed by atoms with Crippen LogP contribution in [0.4, 0.5) is 0 Å². The van der Waals surface area contributed by atoms with Gasteiger partial charge in [-0.3, -0.25) is 28.0 Å². The third-order valence-corrected chi connectivity index (χ3v) is 26.2. The quantitative estimate of drug-likeness (QED) is 0.0286. The molecule has 2 aliphatic rings. The van der Waals surface area contributed by atoms with Gasteiger partial charge < -0.3 is 9.80 Å². The van der Waals surface area contributed by atoms with Crippen LogP contribution in [0.3, 0.4) is 0 Å². The van der Waals surface area contributed by atoms with Gasteiger partial charge in [0.05, 0.1) is 59.8 Å². The van der Waals surface area contributed by atoms with Crippen molar-refractivity contribution >= 4 is 62.4 Å². The van der Waals surface area contributed by atoms with E-state index in [-0.39, 0.29) is 33.6 Å². The number of fused-ring (bicyclic) bond motifs is 4. The number of hydrogen-bond acceptors (Lipinski definition) is 6. The van der Waals surface area contributed by atoms with E-state index in [1.807, 2.05) is 33.2 Å². The van der Waals surface area contributed by atoms with Crippen molar-refractivity contribution < 1.29 is 9.59 Å². The summed E-state index contributed by atoms with van der Waals surface area (Å²) in [6, 6.07) is 12.6. The van der Waals surface area contributed by atoms with Crippen molar-refractivity contribution in [1.82, 2.24) is 18.6 Å². The first-order valence-corrected chi connectivity index (χ1v) is 47.6. The van der Waals surface area contributed by atoms with Crippen LogP contribution >= 0.6 is 23.1 Å². The molecule has 0 spiro atoms. The molecule has 7 heterocycles. The van der Waals surface area contributed by atoms with Crippen LogP contribution in [-0.4, -0.2) is 48.3 Å². The lowest BCUT2D eigenvalue weighted by molar-refractivity contribution is -0.124. The fraction of sp³-hybridized carbons (Fsp3) is 0.714. The third-order valence-electron chi connectivity index (χ3n) is 23.9. The Morgan fingerprint density at radius 3 is 1.19 bits per heavy atom. The topological polar surface area (TPSA) is 83.6 Å². The summed E-state index contributed by atoms with van der Waals surface area (Å²) in [4.78, 5) is 71.7. The molecule has 2 atom stereocenters. The number of unbranched alkanes of at least 4 members (excludes halogenated alkanes) is 44. The zero-order valence-corrected chi connectivity index (χ0v) is 72.4. The monoisotopic (exact) mass is 1520 g/mol. The summed E-state index contributed by atoms with van der Waals surface area (Å²) in [7, 11) is 0. The van der Waals surface area contributed by atoms with E-state index in [0.29, 0.717) is 47.3 Å². The van der Waals surface area contributed by atoms with Gasteiger partial charge in [0.25, 0.3) is 22.9 Å². The molecule has 5 aromatic rings. The number of rotatable bonds is 65. The minimum atomic E-state index is -0.225. The molecule has 604 valence electrons. The average molecular weight is 1520 g/mol. The SMILES string of the molecule is C=C/C=C(\SC(C)(C)C)C1=C2C(=O)N(CC(CCCCCCCCCC)CCCCCCCCCCCC)C(c3ccc(-c4ccc5c(CCCCCCCCC)c6c(=O)n7cccc7c(CCCCCCCCC)c6c(=O)n45)s3)=C2C(=O)N1CC(CCCCCCCCCC)CCCCCCCCCCCC. The van der Waals surface area contributed by atoms with E-state index >= 15 is 19.2 Å². The first-order valence-electron chi connectivity index (χ1n) is 46.0. The maximum atomic E-state index is 16.7. The fourth-order valence-corrected chi connectivity index (χ4v) is 20.0. The van der Waals surface area contributed by atoms with Gasteiger partial charge in [0.2, 0.25) is 0 Å². The maximum Gasteiger partial charge on any atom is 0.264 e. The highest BCUT2D eigenvalue weighted by Gasteiger charge is 2.51. The van der Waals surface area contributed by atoms with Crippen LogP contribution in [0.1, 0.15) is 425 Å². The predicted octanol–water partition coefficient (Wildman–Crippen LogP) is 30.0. The second-order valence-electron chi connectivity index (χ2n) is 34.4. The van der Waals surface area contributed by atoms with Crippen molar-refractivity contribution in [2.45, 2.75) is 427 Å². The largest absolute Gasteiger partial charge is 0.306 e. The summed E-state index contributed by atoms with van der Waals surface area (Å²) in [6.45, 7) is 25.9. The lowest BCUT2D eigenvalue weighted by Gasteiger charge is -2.31. The van der Waals surface area contributed by atoms with Crippen molar-refractivity contribution in [2.24, 2.45) is 11.8 Å². The minimum Gasteiger partial charge on any atom is -0.306 e. The molecule has 7 rings (SSSR count). The molecule has 0 aromatic carbocycles. The maximum absolute atomic E-state index is 16.7. The number of amides is 2. The van der Waals surface area contributed by atoms with E-state index in [9.17, 15) is 0 Å². The van der Waals surface area contributed by atoms with Crippen LogP contribution < -0.4 is 11.1 Å². The molecule has 0 saturated heterocycles. The molecular weight excluding hydrogens is 1360 g/mol. The molecule has 2 aliphatic heterocycles. The second-order valence-corrected chi connectivity index (χ2v) is 37.3. The number of carbonyl (C=O) groups is 2. The zero-order chi connectivity index (χ0) is 77.1. The second kappa shape index (κ2) is 51.9. The molecule has 108 heavy (non-hydrogen) atoms. The lowest BCUT2D eigenvalue weighted by atomic mass is 9.93. The van der Waals surface area contributed by atoms with Gasteiger partial charge in [-0.2, -0.15) is 0 Å². The van der Waals surface area contributed by atoms with Gasteiger partial charge in [0, 0.05) is 28.9 Å². The molecule has 0 radical (unpaired) electrons. The molecule has 0 N–H and O–H groups in total. The van der Waals surface area contributed by atoms with Crippen molar-refractivity contribution in [3.05, 3.63) is 120 Å². The molecule has 8 nitrogen and oxygen atoms in total. The number of aryl methyl sites for hydroxylation is 2. The van der Waals surface area contributed by atoms with Crippen molar-refractivity contribution in [1.29, 1.82) is 0 Å². The minimum absolute atomic E-state index is 0.0429. The molecular formula is C98H156N4O4S2. The molecule has 0 saturated carbocycles. The summed E-state index contributed by atoms with van der Waals surface area (Å²) in [6.07, 6.45) is 73.8. The summed E-state index contributed by atoms with van der Waals surface area (Å²) < 4.78 is 3.57. The number of pyridine rings is 2. The Kier molecular flexibility index (Phi) is 43.5. The van der Waals surface area contributed by atoms with Crippen LogP contribution in [0.15, 0.2) is 92.7 Å². The third kappa shape index (κ3) is 28.5. The van der Waals surface area contributed by atoms with Gasteiger partial charge in [-0.05, 0) is 117 Å². The smallest absolute Gasteiger partial charge is 0.264 e. The van der Waals surface area contributed by atoms with E-state index < -0.39 is 0 Å². The lowest BCUT2D eigenvalue weighted by Crippen LogP contribution is -2.35. The Morgan fingerprint density at radius 1 is 0.417 bits per heavy atom. The van der Waals surface area contributed by atoms with E-state index in [1.54, 1.807) is 23.1 Å². The Hall–Kier alpha value is -4.67. The molecule has 2 unspecified atom stereocenters. The Bertz CT molecular complexity index is 3610. The van der Waals surface area contributed by atoms with Gasteiger partial charge >= 0.3 is 0 Å². The molecule has 5 aromatic heterocycles. The molecule has 0 bridgehead atoms. The van der Waals surface area contributed by atoms with Crippen molar-refractivity contribution in [2.75, 3.05) is 13.1 Å². The number of aromatic nitrogens is 2. The Morgan fingerprint density at radius 2 is 0.778 bits per heavy atom. The zero-order valence-electron chi connectivity index (χ0n) is 70.8. The fourth-order valence-electron chi connectivity index (χ4n) is 17.8. The number of allylic oxidation sites excluding steroid dienone is 2. The number of thioether (sulfide) groups is 1. The molecule has 0 aliphatic carbocycles. The van der Waals surface area contributed by atoms with Crippen LogP contribution in [0.5, 0.6) is 0 Å². The van der Waals surface area contributed by atoms with E-state index in [2.05, 4.69) is 109 Å². The molecule has 0 fully saturated rings. The number of nitrogens with zero attached hydrogens (tertiary/aromatic N) is 4. The Balaban J connectivity index is 1.37. The first kappa shape index (κ1) is 90.5. The predicted molar refractivity (Wildman–Crippen MR) is 474 cm³/mol. The van der Waals surface area contributed by atoms with Gasteiger partial charge in [-0.1, -0.05) is 383 Å². The highest BCUT2D eigenvalue weighted by molar-refractivity contribution is 8.04. The molecule has 2 amide bonds. The summed E-state index contributed by atoms with van der Waals surface area (Å²) in [5.74, 6) is 0.476. The van der Waals surface area contributed by atoms with Crippen LogP contribution in [0.25, 0.3) is 38.1 Å². The standard InChI is InChI=1S/C98H156N4O4S2/c1-11-18-24-30-36-40-42-48-52-58-65-78(64-56-50-46-38-32-26-20-13-3)76-100-92(90-91(96(100)105)93(87(63-17-7)108-98(8,9)10)101(95(90)104)77-79(66-57-51-47-39-33-27-21-14-4)67-59-53-49-43-41-37-31-25-19-12-2)86-74-73-85(107-86)84-72-71-83-81(69-61-55-45-35-29-23-16-6)88-89(97(106)102(83)84)80(68-60-54-44-34-28-22-15-5)82-70-62-75-99(82)94(88)103/h17,62-63,70-75,78-79H,7,11-16,18-61,64-69,76-77H2,1-6,8-10H3/b87-63-. The van der Waals surface area contributed by atoms with Gasteiger partial charge in [-0.25, -0.2) is 0 Å². The Labute approximate surface area is 668 Å². The number of hydrogen-bond donors (Lipinski definition) is 0. The summed E-state index contributed by atoms with van der Waals surface area (Å²) >= 11 is 3.38. The summed E-state index contributed by atoms with van der Waals surface area (Å²) in [5, 5.41) is 1.18. The van der Waals surface area contributed by atoms with E-state index in [0.717, 1.165) is 144 Å². The van der Waals surface area contributed by atoms with Crippen LogP contribution in [0.2, 0.25) is 0 Å². The van der Waals surface area contributed by atoms with Gasteiger partial charge in [0.1, 0.15) is 0 Å². The highest BCUT2D eigenvalue weighted by atomic mass is 32.2. The van der Waals surface area contributed by atoms with E-state index in [4.69, 9.17) is 0 Å². The highest BCUT2D eigenvalue weighted by Crippen LogP contribution is 2.52. The van der Waals surface area contributed by atoms with Crippen molar-refractivity contribution in [3.8, 4) is 10.6 Å². The van der Waals surface area contributed by atoms with E-state index in [1.165, 1.54) is 263 Å². The average Bonchev–Trinajstić information content (AvgIpc) is 1.50.